The summed E-state index contributed by atoms with van der Waals surface area (Å²) in [7, 11) is 0. The molecule has 2 amide bonds. The van der Waals surface area contributed by atoms with E-state index in [9.17, 15) is 9.59 Å². The molecule has 6 nitrogen and oxygen atoms in total. The zero-order chi connectivity index (χ0) is 23.3. The molecule has 0 saturated carbocycles. The SMILES string of the molecule is O=C1CCCN1CCOc1ccccc1C(=O)N1CCC(Cc2cccc3ncccc23)CC1. The first-order valence-corrected chi connectivity index (χ1v) is 12.3. The molecule has 3 heterocycles. The lowest BCUT2D eigenvalue weighted by molar-refractivity contribution is -0.128. The summed E-state index contributed by atoms with van der Waals surface area (Å²) in [5.74, 6) is 1.38. The quantitative estimate of drug-likeness (QED) is 0.530. The third-order valence-electron chi connectivity index (χ3n) is 7.05. The third-order valence-corrected chi connectivity index (χ3v) is 7.05. The van der Waals surface area contributed by atoms with Crippen LogP contribution in [0.4, 0.5) is 0 Å². The number of ether oxygens (including phenoxy) is 1. The fourth-order valence-electron chi connectivity index (χ4n) is 5.14. The Labute approximate surface area is 200 Å². The van der Waals surface area contributed by atoms with Crippen LogP contribution in [0, 0.1) is 5.92 Å². The van der Waals surface area contributed by atoms with Crippen LogP contribution in [-0.4, -0.2) is 59.4 Å². The number of hydrogen-bond acceptors (Lipinski definition) is 4. The topological polar surface area (TPSA) is 62.7 Å². The molecule has 176 valence electrons. The molecule has 0 radical (unpaired) electrons. The van der Waals surface area contributed by atoms with Gasteiger partial charge in [0.05, 0.1) is 17.6 Å². The van der Waals surface area contributed by atoms with E-state index in [0.29, 0.717) is 36.8 Å². The Morgan fingerprint density at radius 2 is 1.85 bits per heavy atom. The van der Waals surface area contributed by atoms with Crippen LogP contribution >= 0.6 is 0 Å². The van der Waals surface area contributed by atoms with Crippen molar-refractivity contribution in [1.29, 1.82) is 0 Å². The Morgan fingerprint density at radius 3 is 2.68 bits per heavy atom. The maximum atomic E-state index is 13.3. The molecule has 6 heteroatoms. The number of likely N-dealkylation sites (tertiary alicyclic amines) is 2. The van der Waals surface area contributed by atoms with Crippen molar-refractivity contribution in [2.24, 2.45) is 5.92 Å². The van der Waals surface area contributed by atoms with Gasteiger partial charge in [-0.05, 0) is 61.4 Å². The Balaban J connectivity index is 1.18. The van der Waals surface area contributed by atoms with Crippen molar-refractivity contribution in [2.45, 2.75) is 32.1 Å². The van der Waals surface area contributed by atoms with E-state index in [1.807, 2.05) is 46.3 Å². The van der Waals surface area contributed by atoms with E-state index in [0.717, 1.165) is 50.8 Å². The molecule has 0 spiro atoms. The second kappa shape index (κ2) is 10.2. The highest BCUT2D eigenvalue weighted by atomic mass is 16.5. The smallest absolute Gasteiger partial charge is 0.257 e. The van der Waals surface area contributed by atoms with Gasteiger partial charge >= 0.3 is 0 Å². The Morgan fingerprint density at radius 1 is 1.00 bits per heavy atom. The number of hydrogen-bond donors (Lipinski definition) is 0. The average molecular weight is 458 g/mol. The number of amides is 2. The number of fused-ring (bicyclic) bond motifs is 1. The summed E-state index contributed by atoms with van der Waals surface area (Å²) in [6, 6.07) is 17.9. The monoisotopic (exact) mass is 457 g/mol. The van der Waals surface area contributed by atoms with E-state index >= 15 is 0 Å². The summed E-state index contributed by atoms with van der Waals surface area (Å²) in [5, 5.41) is 1.23. The Kier molecular flexibility index (Phi) is 6.74. The van der Waals surface area contributed by atoms with Crippen LogP contribution in [0.5, 0.6) is 5.75 Å². The molecule has 2 aromatic carbocycles. The summed E-state index contributed by atoms with van der Waals surface area (Å²) >= 11 is 0. The van der Waals surface area contributed by atoms with Gasteiger partial charge in [-0.3, -0.25) is 14.6 Å². The van der Waals surface area contributed by atoms with Crippen LogP contribution in [-0.2, 0) is 11.2 Å². The molecule has 0 atom stereocenters. The summed E-state index contributed by atoms with van der Waals surface area (Å²) in [5.41, 5.74) is 2.98. The van der Waals surface area contributed by atoms with Crippen molar-refractivity contribution in [2.75, 3.05) is 32.8 Å². The van der Waals surface area contributed by atoms with E-state index in [1.54, 1.807) is 0 Å². The zero-order valence-corrected chi connectivity index (χ0v) is 19.5. The normalized spacial score (nSPS) is 16.9. The van der Waals surface area contributed by atoms with Crippen LogP contribution in [0.3, 0.4) is 0 Å². The van der Waals surface area contributed by atoms with Gasteiger partial charge in [-0.25, -0.2) is 0 Å². The van der Waals surface area contributed by atoms with Gasteiger partial charge in [0.15, 0.2) is 0 Å². The maximum Gasteiger partial charge on any atom is 0.257 e. The molecule has 0 aliphatic carbocycles. The molecule has 34 heavy (non-hydrogen) atoms. The second-order valence-electron chi connectivity index (χ2n) is 9.26. The molecular weight excluding hydrogens is 426 g/mol. The minimum absolute atomic E-state index is 0.0284. The first kappa shape index (κ1) is 22.4. The highest BCUT2D eigenvalue weighted by molar-refractivity contribution is 5.97. The van der Waals surface area contributed by atoms with Crippen molar-refractivity contribution in [3.8, 4) is 5.75 Å². The lowest BCUT2D eigenvalue weighted by Gasteiger charge is -2.32. The molecule has 2 aliphatic heterocycles. The van der Waals surface area contributed by atoms with E-state index < -0.39 is 0 Å². The molecule has 2 saturated heterocycles. The minimum Gasteiger partial charge on any atom is -0.491 e. The fourth-order valence-corrected chi connectivity index (χ4v) is 5.14. The number of nitrogens with zero attached hydrogens (tertiary/aromatic N) is 3. The second-order valence-corrected chi connectivity index (χ2v) is 9.26. The molecule has 5 rings (SSSR count). The van der Waals surface area contributed by atoms with Crippen LogP contribution in [0.2, 0.25) is 0 Å². The number of aromatic nitrogens is 1. The molecule has 2 fully saturated rings. The molecular formula is C28H31N3O3. The number of carbonyl (C=O) groups is 2. The lowest BCUT2D eigenvalue weighted by Crippen LogP contribution is -2.39. The van der Waals surface area contributed by atoms with E-state index in [-0.39, 0.29) is 11.8 Å². The van der Waals surface area contributed by atoms with Crippen LogP contribution in [0.25, 0.3) is 10.9 Å². The van der Waals surface area contributed by atoms with Crippen molar-refractivity contribution in [1.82, 2.24) is 14.8 Å². The fraction of sp³-hybridized carbons (Fsp3) is 0.393. The van der Waals surface area contributed by atoms with E-state index in [4.69, 9.17) is 4.74 Å². The number of piperidine rings is 1. The molecule has 0 unspecified atom stereocenters. The minimum atomic E-state index is 0.0284. The maximum absolute atomic E-state index is 13.3. The molecule has 0 N–H and O–H groups in total. The molecule has 2 aliphatic rings. The predicted octanol–water partition coefficient (Wildman–Crippen LogP) is 4.33. The van der Waals surface area contributed by atoms with Gasteiger partial charge < -0.3 is 14.5 Å². The van der Waals surface area contributed by atoms with Gasteiger partial charge in [0, 0.05) is 37.6 Å². The standard InChI is InChI=1S/C28H31N3O3/c32-27-11-5-15-30(27)18-19-34-26-10-2-1-7-24(26)28(33)31-16-12-21(13-17-31)20-22-6-3-9-25-23(22)8-4-14-29-25/h1-4,6-10,14,21H,5,11-13,15-20H2. The zero-order valence-electron chi connectivity index (χ0n) is 19.5. The first-order chi connectivity index (χ1) is 16.7. The third kappa shape index (κ3) is 4.91. The average Bonchev–Trinajstić information content (AvgIpc) is 3.29. The van der Waals surface area contributed by atoms with Gasteiger partial charge in [0.25, 0.3) is 5.91 Å². The van der Waals surface area contributed by atoms with Crippen molar-refractivity contribution in [3.05, 3.63) is 71.9 Å². The molecule has 3 aromatic rings. The Hall–Kier alpha value is -3.41. The summed E-state index contributed by atoms with van der Waals surface area (Å²) in [6.07, 6.45) is 6.37. The number of pyridine rings is 1. The number of para-hydroxylation sites is 1. The van der Waals surface area contributed by atoms with E-state index in [1.165, 1.54) is 10.9 Å². The van der Waals surface area contributed by atoms with E-state index in [2.05, 4.69) is 29.2 Å². The summed E-state index contributed by atoms with van der Waals surface area (Å²) in [4.78, 5) is 33.4. The van der Waals surface area contributed by atoms with Crippen molar-refractivity contribution >= 4 is 22.7 Å². The Bertz CT molecular complexity index is 1170. The lowest BCUT2D eigenvalue weighted by atomic mass is 9.88. The summed E-state index contributed by atoms with van der Waals surface area (Å²) in [6.45, 7) is 3.27. The molecule has 0 bridgehead atoms. The highest BCUT2D eigenvalue weighted by Gasteiger charge is 2.26. The van der Waals surface area contributed by atoms with Gasteiger partial charge in [-0.15, -0.1) is 0 Å². The summed E-state index contributed by atoms with van der Waals surface area (Å²) < 4.78 is 5.95. The largest absolute Gasteiger partial charge is 0.491 e. The van der Waals surface area contributed by atoms with Crippen molar-refractivity contribution < 1.29 is 14.3 Å². The van der Waals surface area contributed by atoms with Crippen LogP contribution in [0.15, 0.2) is 60.8 Å². The first-order valence-electron chi connectivity index (χ1n) is 12.3. The number of carbonyl (C=O) groups excluding carboxylic acids is 2. The number of rotatable bonds is 7. The van der Waals surface area contributed by atoms with Crippen molar-refractivity contribution in [3.63, 3.8) is 0 Å². The van der Waals surface area contributed by atoms with Gasteiger partial charge in [-0.1, -0.05) is 30.3 Å². The van der Waals surface area contributed by atoms with Crippen LogP contribution in [0.1, 0.15) is 41.6 Å². The number of benzene rings is 2. The van der Waals surface area contributed by atoms with Crippen LogP contribution < -0.4 is 4.74 Å². The van der Waals surface area contributed by atoms with Gasteiger partial charge in [0.1, 0.15) is 12.4 Å². The predicted molar refractivity (Wildman–Crippen MR) is 132 cm³/mol. The van der Waals surface area contributed by atoms with Gasteiger partial charge in [0.2, 0.25) is 5.91 Å². The molecule has 1 aromatic heterocycles. The highest BCUT2D eigenvalue weighted by Crippen LogP contribution is 2.28. The van der Waals surface area contributed by atoms with Gasteiger partial charge in [-0.2, -0.15) is 0 Å².